The number of aromatic nitrogens is 3. The normalized spacial score (nSPS) is 18.2. The zero-order valence-electron chi connectivity index (χ0n) is 22.9. The minimum atomic E-state index is -1.35. The fourth-order valence-electron chi connectivity index (χ4n) is 3.38. The summed E-state index contributed by atoms with van der Waals surface area (Å²) in [6, 6.07) is 24.9. The quantitative estimate of drug-likeness (QED) is 0.166. The molecule has 15 heteroatoms. The zero-order valence-corrected chi connectivity index (χ0v) is 22.9. The van der Waals surface area contributed by atoms with Crippen molar-refractivity contribution in [2.24, 2.45) is 0 Å². The Labute approximate surface area is 249 Å². The number of aliphatic hydroxyl groups is 3. The second-order valence-electron chi connectivity index (χ2n) is 8.65. The van der Waals surface area contributed by atoms with Crippen LogP contribution in [0.15, 0.2) is 102 Å². The Balaban J connectivity index is 0.000000216. The van der Waals surface area contributed by atoms with Crippen molar-refractivity contribution in [2.75, 3.05) is 12.3 Å². The van der Waals surface area contributed by atoms with Gasteiger partial charge >= 0.3 is 23.6 Å². The van der Waals surface area contributed by atoms with Crippen molar-refractivity contribution < 1.29 is 49.8 Å². The molecule has 1 fully saturated rings. The predicted molar refractivity (Wildman–Crippen MR) is 154 cm³/mol. The molecule has 232 valence electrons. The van der Waals surface area contributed by atoms with E-state index in [1.807, 2.05) is 0 Å². The van der Waals surface area contributed by atoms with Crippen molar-refractivity contribution >= 4 is 23.9 Å². The number of carboxylic acid groups (broad SMARTS) is 3. The molecule has 0 unspecified atom stereocenters. The maximum atomic E-state index is 11.5. The predicted octanol–water partition coefficient (Wildman–Crippen LogP) is 0.986. The molecule has 3 aromatic carbocycles. The number of aliphatic hydroxyl groups excluding tert-OH is 3. The van der Waals surface area contributed by atoms with E-state index in [9.17, 15) is 29.4 Å². The highest BCUT2D eigenvalue weighted by molar-refractivity contribution is 5.88. The topological polar surface area (TPSA) is 256 Å². The molecule has 5 rings (SSSR count). The number of nitrogens with two attached hydrogens (primary N) is 1. The van der Waals surface area contributed by atoms with Crippen LogP contribution < -0.4 is 11.4 Å². The number of carbonyl (C=O) groups is 3. The Kier molecular flexibility index (Phi) is 13.8. The Morgan fingerprint density at radius 2 is 1.11 bits per heavy atom. The van der Waals surface area contributed by atoms with Crippen LogP contribution in [-0.4, -0.2) is 88.0 Å². The maximum Gasteiger partial charge on any atom is 0.354 e. The molecule has 1 aliphatic heterocycles. The maximum absolute atomic E-state index is 11.5. The lowest BCUT2D eigenvalue weighted by atomic mass is 10.1. The van der Waals surface area contributed by atoms with E-state index in [4.69, 9.17) is 30.9 Å². The van der Waals surface area contributed by atoms with Gasteiger partial charge in [0.15, 0.2) is 6.23 Å². The van der Waals surface area contributed by atoms with E-state index >= 15 is 0 Å². The number of ether oxygens (including phenoxy) is 1. The van der Waals surface area contributed by atoms with Crippen molar-refractivity contribution in [2.45, 2.75) is 24.5 Å². The van der Waals surface area contributed by atoms with Gasteiger partial charge in [0, 0.05) is 0 Å². The van der Waals surface area contributed by atoms with E-state index in [1.54, 1.807) is 91.0 Å². The van der Waals surface area contributed by atoms with Gasteiger partial charge in [-0.05, 0) is 36.4 Å². The third-order valence-electron chi connectivity index (χ3n) is 5.60. The highest BCUT2D eigenvalue weighted by Crippen LogP contribution is 2.27. The molecule has 0 bridgehead atoms. The van der Waals surface area contributed by atoms with Crippen LogP contribution in [0.1, 0.15) is 37.3 Å². The van der Waals surface area contributed by atoms with Gasteiger partial charge in [0.1, 0.15) is 24.6 Å². The number of benzene rings is 3. The van der Waals surface area contributed by atoms with Crippen molar-refractivity contribution in [3.63, 3.8) is 0 Å². The highest BCUT2D eigenvalue weighted by Gasteiger charge is 2.43. The summed E-state index contributed by atoms with van der Waals surface area (Å²) in [7, 11) is 0. The smallest absolute Gasteiger partial charge is 0.354 e. The Morgan fingerprint density at radius 3 is 1.39 bits per heavy atom. The molecule has 0 spiro atoms. The lowest BCUT2D eigenvalue weighted by molar-refractivity contribution is -0.0554. The lowest BCUT2D eigenvalue weighted by Gasteiger charge is -2.16. The molecule has 4 atom stereocenters. The van der Waals surface area contributed by atoms with Gasteiger partial charge in [0.25, 0.3) is 0 Å². The summed E-state index contributed by atoms with van der Waals surface area (Å²) in [4.78, 5) is 49.0. The molecule has 2 heterocycles. The molecule has 4 aromatic rings. The lowest BCUT2D eigenvalue weighted by Crippen LogP contribution is -2.36. The van der Waals surface area contributed by atoms with E-state index < -0.39 is 54.7 Å². The molecule has 1 aliphatic rings. The molecular formula is C29H30N4O11. The van der Waals surface area contributed by atoms with Crippen LogP contribution in [0, 0.1) is 0 Å². The summed E-state index contributed by atoms with van der Waals surface area (Å²) in [5.74, 6) is -2.83. The van der Waals surface area contributed by atoms with Gasteiger partial charge in [-0.2, -0.15) is 4.98 Å². The second-order valence-corrected chi connectivity index (χ2v) is 8.65. The fraction of sp³-hybridized carbons (Fsp3) is 0.172. The Morgan fingerprint density at radius 1 is 0.727 bits per heavy atom. The first kappa shape index (κ1) is 34.7. The molecule has 0 amide bonds. The number of carboxylic acids is 3. The van der Waals surface area contributed by atoms with Gasteiger partial charge in [0.2, 0.25) is 5.95 Å². The molecule has 0 saturated carbocycles. The first-order valence-corrected chi connectivity index (χ1v) is 12.6. The summed E-state index contributed by atoms with van der Waals surface area (Å²) >= 11 is 0. The Bertz CT molecular complexity index is 1420. The fourth-order valence-corrected chi connectivity index (χ4v) is 3.38. The van der Waals surface area contributed by atoms with E-state index in [-0.39, 0.29) is 5.95 Å². The number of hydrogen-bond donors (Lipinski definition) is 7. The number of anilines is 1. The first-order chi connectivity index (χ1) is 21.0. The van der Waals surface area contributed by atoms with E-state index in [0.29, 0.717) is 16.7 Å². The molecule has 1 saturated heterocycles. The van der Waals surface area contributed by atoms with Gasteiger partial charge < -0.3 is 41.1 Å². The van der Waals surface area contributed by atoms with Gasteiger partial charge in [-0.1, -0.05) is 54.6 Å². The summed E-state index contributed by atoms with van der Waals surface area (Å²) < 4.78 is 6.04. The third-order valence-corrected chi connectivity index (χ3v) is 5.60. The molecule has 44 heavy (non-hydrogen) atoms. The first-order valence-electron chi connectivity index (χ1n) is 12.6. The van der Waals surface area contributed by atoms with Gasteiger partial charge in [-0.3, -0.25) is 4.57 Å². The van der Waals surface area contributed by atoms with Crippen LogP contribution >= 0.6 is 0 Å². The highest BCUT2D eigenvalue weighted by atomic mass is 16.6. The van der Waals surface area contributed by atoms with Crippen LogP contribution in [0.3, 0.4) is 0 Å². The summed E-state index contributed by atoms with van der Waals surface area (Å²) in [5.41, 5.74) is 5.45. The summed E-state index contributed by atoms with van der Waals surface area (Å²) in [5, 5.41) is 53.2. The minimum Gasteiger partial charge on any atom is -0.478 e. The van der Waals surface area contributed by atoms with Gasteiger partial charge in [-0.25, -0.2) is 24.2 Å². The van der Waals surface area contributed by atoms with Crippen molar-refractivity contribution in [1.82, 2.24) is 14.5 Å². The molecule has 0 radical (unpaired) electrons. The average molecular weight is 611 g/mol. The van der Waals surface area contributed by atoms with Crippen LogP contribution in [-0.2, 0) is 4.74 Å². The van der Waals surface area contributed by atoms with Gasteiger partial charge in [-0.15, -0.1) is 0 Å². The number of nitrogens with zero attached hydrogens (tertiary/aromatic N) is 3. The van der Waals surface area contributed by atoms with E-state index in [1.165, 1.54) is 0 Å². The molecule has 0 aliphatic carbocycles. The standard InChI is InChI=1S/C8H12N4O5.3C7H6O2/c9-7-10-2-12(8(16)11-7)6-5(15)4(14)3(1-13)17-6;3*8-7(9)6-4-2-1-3-5-6/h2-6,13-15H,1H2,(H2,9,11,16);3*1-5H,(H,8,9)/t3-,4-,5-,6-;;;/m1.../s1. The number of nitrogen functional groups attached to an aromatic ring is 1. The van der Waals surface area contributed by atoms with Crippen LogP contribution in [0.4, 0.5) is 5.95 Å². The number of rotatable bonds is 5. The van der Waals surface area contributed by atoms with Crippen LogP contribution in [0.2, 0.25) is 0 Å². The largest absolute Gasteiger partial charge is 0.478 e. The number of aromatic carboxylic acids is 3. The summed E-state index contributed by atoms with van der Waals surface area (Å²) in [6.45, 7) is -0.473. The Hall–Kier alpha value is -5.48. The molecule has 8 N–H and O–H groups in total. The molecule has 1 aromatic heterocycles. The van der Waals surface area contributed by atoms with E-state index in [2.05, 4.69) is 9.97 Å². The monoisotopic (exact) mass is 610 g/mol. The van der Waals surface area contributed by atoms with Crippen molar-refractivity contribution in [1.29, 1.82) is 0 Å². The summed E-state index contributed by atoms with van der Waals surface area (Å²) in [6.07, 6.45) is -3.67. The third kappa shape index (κ3) is 10.7. The molecule has 15 nitrogen and oxygen atoms in total. The average Bonchev–Trinajstić information content (AvgIpc) is 3.32. The van der Waals surface area contributed by atoms with Crippen LogP contribution in [0.5, 0.6) is 0 Å². The van der Waals surface area contributed by atoms with Gasteiger partial charge in [0.05, 0.1) is 23.3 Å². The van der Waals surface area contributed by atoms with Crippen molar-refractivity contribution in [3.8, 4) is 0 Å². The van der Waals surface area contributed by atoms with Crippen molar-refractivity contribution in [3.05, 3.63) is 124 Å². The minimum absolute atomic E-state index is 0.196. The zero-order chi connectivity index (χ0) is 32.6. The second kappa shape index (κ2) is 17.5. The molecular weight excluding hydrogens is 580 g/mol. The van der Waals surface area contributed by atoms with Crippen LogP contribution in [0.25, 0.3) is 0 Å². The van der Waals surface area contributed by atoms with E-state index in [0.717, 1.165) is 10.9 Å². The SMILES string of the molecule is Nc1ncn([C@@H]2O[C@H](CO)[C@@H](O)[C@H]2O)c(=O)n1.O=C(O)c1ccccc1.O=C(O)c1ccccc1.O=C(O)c1ccccc1. The number of hydrogen-bond acceptors (Lipinski definition) is 11.